The van der Waals surface area contributed by atoms with Crippen molar-refractivity contribution < 1.29 is 72.8 Å². The van der Waals surface area contributed by atoms with E-state index in [-0.39, 0.29) is 30.1 Å². The Balaban J connectivity index is 1.51. The van der Waals surface area contributed by atoms with Crippen LogP contribution in [0.2, 0.25) is 0 Å². The summed E-state index contributed by atoms with van der Waals surface area (Å²) in [7, 11) is 0. The first-order chi connectivity index (χ1) is 23.9. The number of rotatable bonds is 17. The Bertz CT molecular complexity index is 1660. The molecule has 0 aliphatic heterocycles. The highest BCUT2D eigenvalue weighted by Crippen LogP contribution is 2.47. The molecular weight excluding hydrogens is 703 g/mol. The average molecular weight is 737 g/mol. The summed E-state index contributed by atoms with van der Waals surface area (Å²) in [6.45, 7) is 2.53. The van der Waals surface area contributed by atoms with Crippen molar-refractivity contribution in [2.24, 2.45) is 0 Å². The van der Waals surface area contributed by atoms with Crippen molar-refractivity contribution >= 4 is 17.9 Å². The van der Waals surface area contributed by atoms with E-state index in [4.69, 9.17) is 14.2 Å². The van der Waals surface area contributed by atoms with Gasteiger partial charge in [-0.25, -0.2) is 23.2 Å². The highest BCUT2D eigenvalue weighted by Gasteiger charge is 2.77. The summed E-state index contributed by atoms with van der Waals surface area (Å²) < 4.78 is 138. The molecule has 0 N–H and O–H groups in total. The van der Waals surface area contributed by atoms with Gasteiger partial charge in [-0.2, -0.15) is 30.7 Å². The number of esters is 3. The van der Waals surface area contributed by atoms with Crippen LogP contribution in [0.3, 0.4) is 0 Å². The summed E-state index contributed by atoms with van der Waals surface area (Å²) in [5, 5.41) is 0. The number of hydrogen-bond donors (Lipinski definition) is 0. The Kier molecular flexibility index (Phi) is 13.9. The van der Waals surface area contributed by atoms with E-state index in [0.717, 1.165) is 49.9 Å². The van der Waals surface area contributed by atoms with Crippen LogP contribution in [-0.4, -0.2) is 55.2 Å². The van der Waals surface area contributed by atoms with Gasteiger partial charge in [0, 0.05) is 12.5 Å². The average Bonchev–Trinajstić information content (AvgIpc) is 3.06. The maximum atomic E-state index is 14.9. The van der Waals surface area contributed by atoms with Gasteiger partial charge in [0.2, 0.25) is 0 Å². The Morgan fingerprint density at radius 2 is 1.27 bits per heavy atom. The number of carbonyl (C=O) groups excluding carboxylic acids is 3. The van der Waals surface area contributed by atoms with E-state index in [1.807, 2.05) is 0 Å². The van der Waals surface area contributed by atoms with Crippen molar-refractivity contribution in [1.29, 1.82) is 0 Å². The molecule has 1 atom stereocenters. The molecule has 7 nitrogen and oxygen atoms in total. The van der Waals surface area contributed by atoms with E-state index in [1.165, 1.54) is 36.4 Å². The standard InChI is InChI=1S/C35H33F9O7/c1-3-4-5-6-8-21(2)50-30(45)27-16-14-25(20-29(27)37)51-31(46)26-15-11-23(19-28(26)36)22-9-12-24(13-10-22)48-17-7-18-49-32(47)33(38,39)34(40,41)35(42,43)44/h9-16,19-21H,3-8,17-18H2,1-2H3/t21-/m0/s1. The van der Waals surface area contributed by atoms with Crippen LogP contribution >= 0.6 is 0 Å². The number of unbranched alkanes of at least 4 members (excludes halogenated alkanes) is 3. The Labute approximate surface area is 286 Å². The fraction of sp³-hybridized carbons (Fsp3) is 0.400. The largest absolute Gasteiger partial charge is 0.493 e. The first-order valence-electron chi connectivity index (χ1n) is 15.6. The molecule has 0 bridgehead atoms. The van der Waals surface area contributed by atoms with Crippen LogP contribution < -0.4 is 9.47 Å². The maximum Gasteiger partial charge on any atom is 0.460 e. The molecule has 0 fully saturated rings. The molecule has 0 radical (unpaired) electrons. The van der Waals surface area contributed by atoms with Gasteiger partial charge < -0.3 is 18.9 Å². The van der Waals surface area contributed by atoms with Crippen LogP contribution in [0.5, 0.6) is 11.5 Å². The summed E-state index contributed by atoms with van der Waals surface area (Å²) in [6.07, 6.45) is -2.84. The van der Waals surface area contributed by atoms with Crippen LogP contribution in [0.1, 0.15) is 73.1 Å². The molecule has 0 saturated carbocycles. The lowest BCUT2D eigenvalue weighted by Crippen LogP contribution is -2.56. The van der Waals surface area contributed by atoms with Crippen LogP contribution in [0, 0.1) is 11.6 Å². The van der Waals surface area contributed by atoms with E-state index in [1.54, 1.807) is 6.92 Å². The predicted octanol–water partition coefficient (Wildman–Crippen LogP) is 9.51. The van der Waals surface area contributed by atoms with Gasteiger partial charge in [0.05, 0.1) is 30.4 Å². The molecule has 0 saturated heterocycles. The SMILES string of the molecule is CCCCCC[C@H](C)OC(=O)c1ccc(OC(=O)c2ccc(-c3ccc(OCCCOC(=O)C(F)(F)C(F)(F)C(F)(F)F)cc3)cc2F)cc1F. The molecule has 16 heteroatoms. The van der Waals surface area contributed by atoms with Crippen molar-refractivity contribution in [2.45, 2.75) is 76.5 Å². The first-order valence-corrected chi connectivity index (χ1v) is 15.6. The van der Waals surface area contributed by atoms with E-state index in [0.29, 0.717) is 17.5 Å². The molecule has 0 aliphatic carbocycles. The second-order valence-corrected chi connectivity index (χ2v) is 11.3. The maximum absolute atomic E-state index is 14.9. The zero-order chi connectivity index (χ0) is 38.0. The van der Waals surface area contributed by atoms with Gasteiger partial charge in [0.15, 0.2) is 0 Å². The minimum Gasteiger partial charge on any atom is -0.493 e. The lowest BCUT2D eigenvalue weighted by Gasteiger charge is -2.26. The van der Waals surface area contributed by atoms with Gasteiger partial charge in [-0.05, 0) is 67.3 Å². The molecule has 0 unspecified atom stereocenters. The third kappa shape index (κ3) is 10.6. The molecule has 0 amide bonds. The van der Waals surface area contributed by atoms with Crippen molar-refractivity contribution in [3.8, 4) is 22.6 Å². The molecule has 3 rings (SSSR count). The Morgan fingerprint density at radius 1 is 0.686 bits per heavy atom. The van der Waals surface area contributed by atoms with Crippen LogP contribution in [0.4, 0.5) is 39.5 Å². The van der Waals surface area contributed by atoms with Crippen LogP contribution in [-0.2, 0) is 14.3 Å². The number of alkyl halides is 7. The summed E-state index contributed by atoms with van der Waals surface area (Å²) in [6, 6.07) is 12.4. The van der Waals surface area contributed by atoms with Crippen LogP contribution in [0.15, 0.2) is 60.7 Å². The van der Waals surface area contributed by atoms with Crippen molar-refractivity contribution in [3.05, 3.63) is 83.4 Å². The van der Waals surface area contributed by atoms with Gasteiger partial charge in [-0.3, -0.25) is 0 Å². The summed E-state index contributed by atoms with van der Waals surface area (Å²) in [5.74, 6) is -19.9. The molecule has 3 aromatic carbocycles. The number of hydrogen-bond acceptors (Lipinski definition) is 7. The van der Waals surface area contributed by atoms with Crippen molar-refractivity contribution in [1.82, 2.24) is 0 Å². The molecule has 0 aromatic heterocycles. The zero-order valence-electron chi connectivity index (χ0n) is 27.3. The molecule has 278 valence electrons. The van der Waals surface area contributed by atoms with E-state index in [9.17, 15) is 53.9 Å². The fourth-order valence-electron chi connectivity index (χ4n) is 4.47. The third-order valence-electron chi connectivity index (χ3n) is 7.32. The van der Waals surface area contributed by atoms with Gasteiger partial charge in [-0.1, -0.05) is 44.4 Å². The second kappa shape index (κ2) is 17.4. The molecule has 0 aliphatic rings. The predicted molar refractivity (Wildman–Crippen MR) is 164 cm³/mol. The lowest BCUT2D eigenvalue weighted by molar-refractivity contribution is -0.348. The topological polar surface area (TPSA) is 88.1 Å². The second-order valence-electron chi connectivity index (χ2n) is 11.3. The molecule has 0 spiro atoms. The van der Waals surface area contributed by atoms with Gasteiger partial charge in [-0.15, -0.1) is 0 Å². The number of benzene rings is 3. The number of ether oxygens (including phenoxy) is 4. The molecule has 3 aromatic rings. The number of halogens is 9. The van der Waals surface area contributed by atoms with Gasteiger partial charge >= 0.3 is 35.9 Å². The quantitative estimate of drug-likeness (QED) is 0.0591. The zero-order valence-corrected chi connectivity index (χ0v) is 27.3. The van der Waals surface area contributed by atoms with Crippen molar-refractivity contribution in [3.63, 3.8) is 0 Å². The first kappa shape index (κ1) is 40.7. The summed E-state index contributed by atoms with van der Waals surface area (Å²) in [4.78, 5) is 36.2. The minimum absolute atomic E-state index is 0.183. The smallest absolute Gasteiger partial charge is 0.460 e. The Morgan fingerprint density at radius 3 is 1.88 bits per heavy atom. The summed E-state index contributed by atoms with van der Waals surface area (Å²) in [5.41, 5.74) is -0.0662. The minimum atomic E-state index is -6.67. The van der Waals surface area contributed by atoms with Crippen LogP contribution in [0.25, 0.3) is 11.1 Å². The van der Waals surface area contributed by atoms with E-state index < -0.39 is 65.8 Å². The van der Waals surface area contributed by atoms with E-state index in [2.05, 4.69) is 11.7 Å². The summed E-state index contributed by atoms with van der Waals surface area (Å²) >= 11 is 0. The Hall–Kier alpha value is -4.76. The van der Waals surface area contributed by atoms with Crippen molar-refractivity contribution in [2.75, 3.05) is 13.2 Å². The normalized spacial score (nSPS) is 12.6. The highest BCUT2D eigenvalue weighted by atomic mass is 19.4. The monoisotopic (exact) mass is 736 g/mol. The number of carbonyl (C=O) groups is 3. The lowest BCUT2D eigenvalue weighted by atomic mass is 10.0. The molecule has 51 heavy (non-hydrogen) atoms. The molecule has 0 heterocycles. The molecular formula is C35H33F9O7. The third-order valence-corrected chi connectivity index (χ3v) is 7.32. The fourth-order valence-corrected chi connectivity index (χ4v) is 4.47. The van der Waals surface area contributed by atoms with Gasteiger partial charge in [0.1, 0.15) is 23.1 Å². The highest BCUT2D eigenvalue weighted by molar-refractivity contribution is 5.93. The van der Waals surface area contributed by atoms with E-state index >= 15 is 0 Å². The van der Waals surface area contributed by atoms with Gasteiger partial charge in [0.25, 0.3) is 0 Å².